The molecule has 0 bridgehead atoms. The van der Waals surface area contributed by atoms with Gasteiger partial charge in [0.05, 0.1) is 7.11 Å². The number of methoxy groups -OCH3 is 1. The lowest BCUT2D eigenvalue weighted by molar-refractivity contribution is 0.386. The van der Waals surface area contributed by atoms with Crippen molar-refractivity contribution in [2.24, 2.45) is 5.92 Å². The van der Waals surface area contributed by atoms with Crippen molar-refractivity contribution in [3.05, 3.63) is 29.6 Å². The molecule has 0 aliphatic heterocycles. The van der Waals surface area contributed by atoms with Gasteiger partial charge in [-0.3, -0.25) is 0 Å². The number of hydrogen-bond donors (Lipinski definition) is 1. The molecule has 0 aromatic heterocycles. The Bertz CT molecular complexity index is 328. The number of rotatable bonds is 6. The van der Waals surface area contributed by atoms with Crippen LogP contribution in [0.3, 0.4) is 0 Å². The summed E-state index contributed by atoms with van der Waals surface area (Å²) in [5, 5.41) is 3.31. The SMILES string of the molecule is CCC(C)CNCc1ccc(OC)c(F)c1. The van der Waals surface area contributed by atoms with Crippen LogP contribution in [-0.2, 0) is 6.54 Å². The Hall–Kier alpha value is -1.09. The van der Waals surface area contributed by atoms with Crippen molar-refractivity contribution < 1.29 is 9.13 Å². The second-order valence-corrected chi connectivity index (χ2v) is 4.11. The van der Waals surface area contributed by atoms with Gasteiger partial charge in [0.2, 0.25) is 0 Å². The van der Waals surface area contributed by atoms with E-state index in [-0.39, 0.29) is 5.82 Å². The van der Waals surface area contributed by atoms with Crippen molar-refractivity contribution in [1.29, 1.82) is 0 Å². The first-order valence-corrected chi connectivity index (χ1v) is 5.70. The summed E-state index contributed by atoms with van der Waals surface area (Å²) in [6.07, 6.45) is 1.16. The summed E-state index contributed by atoms with van der Waals surface area (Å²) in [6, 6.07) is 5.06. The fourth-order valence-corrected chi connectivity index (χ4v) is 1.43. The summed E-state index contributed by atoms with van der Waals surface area (Å²) in [4.78, 5) is 0. The summed E-state index contributed by atoms with van der Waals surface area (Å²) >= 11 is 0. The Kier molecular flexibility index (Phi) is 5.26. The maximum atomic E-state index is 13.3. The van der Waals surface area contributed by atoms with Gasteiger partial charge in [0.1, 0.15) is 0 Å². The van der Waals surface area contributed by atoms with Gasteiger partial charge in [-0.15, -0.1) is 0 Å². The fraction of sp³-hybridized carbons (Fsp3) is 0.538. The van der Waals surface area contributed by atoms with E-state index in [1.807, 2.05) is 6.07 Å². The largest absolute Gasteiger partial charge is 0.494 e. The highest BCUT2D eigenvalue weighted by Gasteiger charge is 2.03. The Labute approximate surface area is 96.8 Å². The third-order valence-electron chi connectivity index (χ3n) is 2.74. The van der Waals surface area contributed by atoms with Gasteiger partial charge in [0.15, 0.2) is 11.6 Å². The van der Waals surface area contributed by atoms with Gasteiger partial charge in [-0.1, -0.05) is 26.3 Å². The second kappa shape index (κ2) is 6.48. The molecule has 0 saturated heterocycles. The van der Waals surface area contributed by atoms with E-state index >= 15 is 0 Å². The van der Waals surface area contributed by atoms with E-state index in [0.29, 0.717) is 18.2 Å². The number of hydrogen-bond acceptors (Lipinski definition) is 2. The van der Waals surface area contributed by atoms with Crippen molar-refractivity contribution in [1.82, 2.24) is 5.32 Å². The zero-order valence-electron chi connectivity index (χ0n) is 10.2. The van der Waals surface area contributed by atoms with Gasteiger partial charge >= 0.3 is 0 Å². The minimum Gasteiger partial charge on any atom is -0.494 e. The van der Waals surface area contributed by atoms with Crippen molar-refractivity contribution in [2.45, 2.75) is 26.8 Å². The molecule has 1 aromatic rings. The van der Waals surface area contributed by atoms with Gasteiger partial charge in [-0.25, -0.2) is 4.39 Å². The number of ether oxygens (including phenoxy) is 1. The maximum absolute atomic E-state index is 13.3. The summed E-state index contributed by atoms with van der Waals surface area (Å²) in [5.74, 6) is 0.652. The summed E-state index contributed by atoms with van der Waals surface area (Å²) in [7, 11) is 1.47. The van der Waals surface area contributed by atoms with E-state index in [0.717, 1.165) is 18.5 Å². The first-order chi connectivity index (χ1) is 7.67. The van der Waals surface area contributed by atoms with Crippen molar-refractivity contribution in [3.63, 3.8) is 0 Å². The smallest absolute Gasteiger partial charge is 0.165 e. The molecule has 0 aliphatic carbocycles. The zero-order chi connectivity index (χ0) is 12.0. The zero-order valence-corrected chi connectivity index (χ0v) is 10.2. The molecule has 0 spiro atoms. The Morgan fingerprint density at radius 1 is 1.44 bits per heavy atom. The molecule has 1 rings (SSSR count). The normalized spacial score (nSPS) is 12.5. The monoisotopic (exact) mass is 225 g/mol. The van der Waals surface area contributed by atoms with E-state index in [2.05, 4.69) is 19.2 Å². The molecule has 1 unspecified atom stereocenters. The highest BCUT2D eigenvalue weighted by atomic mass is 19.1. The average Bonchev–Trinajstić information content (AvgIpc) is 2.29. The first kappa shape index (κ1) is 13.0. The lowest BCUT2D eigenvalue weighted by atomic mass is 10.1. The van der Waals surface area contributed by atoms with Crippen LogP contribution in [0, 0.1) is 11.7 Å². The molecule has 0 aliphatic rings. The minimum atomic E-state index is -0.301. The van der Waals surface area contributed by atoms with E-state index in [4.69, 9.17) is 4.74 Å². The first-order valence-electron chi connectivity index (χ1n) is 5.70. The Balaban J connectivity index is 2.46. The molecular weight excluding hydrogens is 205 g/mol. The van der Waals surface area contributed by atoms with Gasteiger partial charge in [-0.05, 0) is 30.2 Å². The molecule has 0 radical (unpaired) electrons. The lowest BCUT2D eigenvalue weighted by Crippen LogP contribution is -2.20. The topological polar surface area (TPSA) is 21.3 Å². The maximum Gasteiger partial charge on any atom is 0.165 e. The third kappa shape index (κ3) is 3.81. The molecule has 0 saturated carbocycles. The highest BCUT2D eigenvalue weighted by Crippen LogP contribution is 2.17. The fourth-order valence-electron chi connectivity index (χ4n) is 1.43. The van der Waals surface area contributed by atoms with Crippen LogP contribution < -0.4 is 10.1 Å². The van der Waals surface area contributed by atoms with E-state index in [1.54, 1.807) is 6.07 Å². The standard InChI is InChI=1S/C13H20FNO/c1-4-10(2)8-15-9-11-5-6-13(16-3)12(14)7-11/h5-7,10,15H,4,8-9H2,1-3H3. The quantitative estimate of drug-likeness (QED) is 0.803. The summed E-state index contributed by atoms with van der Waals surface area (Å²) < 4.78 is 18.2. The van der Waals surface area contributed by atoms with Crippen LogP contribution >= 0.6 is 0 Å². The van der Waals surface area contributed by atoms with E-state index in [9.17, 15) is 4.39 Å². The molecule has 2 nitrogen and oxygen atoms in total. The van der Waals surface area contributed by atoms with Gasteiger partial charge in [0.25, 0.3) is 0 Å². The van der Waals surface area contributed by atoms with Crippen molar-refractivity contribution in [2.75, 3.05) is 13.7 Å². The predicted octanol–water partition coefficient (Wildman–Crippen LogP) is 2.97. The van der Waals surface area contributed by atoms with Crippen LogP contribution in [0.1, 0.15) is 25.8 Å². The summed E-state index contributed by atoms with van der Waals surface area (Å²) in [5.41, 5.74) is 0.946. The van der Waals surface area contributed by atoms with Crippen LogP contribution in [0.4, 0.5) is 4.39 Å². The van der Waals surface area contributed by atoms with Crippen LogP contribution in [-0.4, -0.2) is 13.7 Å². The second-order valence-electron chi connectivity index (χ2n) is 4.11. The van der Waals surface area contributed by atoms with E-state index < -0.39 is 0 Å². The van der Waals surface area contributed by atoms with Crippen LogP contribution in [0.15, 0.2) is 18.2 Å². The Morgan fingerprint density at radius 3 is 2.75 bits per heavy atom. The van der Waals surface area contributed by atoms with Gasteiger partial charge in [0, 0.05) is 6.54 Å². The molecule has 3 heteroatoms. The predicted molar refractivity (Wildman–Crippen MR) is 64.1 cm³/mol. The van der Waals surface area contributed by atoms with Crippen LogP contribution in [0.5, 0.6) is 5.75 Å². The van der Waals surface area contributed by atoms with Crippen molar-refractivity contribution >= 4 is 0 Å². The van der Waals surface area contributed by atoms with Gasteiger partial charge in [-0.2, -0.15) is 0 Å². The third-order valence-corrected chi connectivity index (χ3v) is 2.74. The molecular formula is C13H20FNO. The number of halogens is 1. The number of nitrogens with one attached hydrogen (secondary N) is 1. The average molecular weight is 225 g/mol. The molecule has 1 atom stereocenters. The summed E-state index contributed by atoms with van der Waals surface area (Å²) in [6.45, 7) is 6.02. The highest BCUT2D eigenvalue weighted by molar-refractivity contribution is 5.29. The van der Waals surface area contributed by atoms with Crippen molar-refractivity contribution in [3.8, 4) is 5.75 Å². The molecule has 1 aromatic carbocycles. The molecule has 16 heavy (non-hydrogen) atoms. The molecule has 0 heterocycles. The Morgan fingerprint density at radius 2 is 2.19 bits per heavy atom. The number of benzene rings is 1. The lowest BCUT2D eigenvalue weighted by Gasteiger charge is -2.10. The molecule has 0 amide bonds. The van der Waals surface area contributed by atoms with Crippen LogP contribution in [0.25, 0.3) is 0 Å². The van der Waals surface area contributed by atoms with Crippen LogP contribution in [0.2, 0.25) is 0 Å². The van der Waals surface area contributed by atoms with E-state index in [1.165, 1.54) is 13.2 Å². The molecule has 0 fully saturated rings. The van der Waals surface area contributed by atoms with Gasteiger partial charge < -0.3 is 10.1 Å². The minimum absolute atomic E-state index is 0.297. The molecule has 90 valence electrons. The molecule has 1 N–H and O–H groups in total.